The van der Waals surface area contributed by atoms with Gasteiger partial charge in [0.15, 0.2) is 0 Å². The second-order valence-corrected chi connectivity index (χ2v) is 8.75. The molecule has 1 fully saturated rings. The molecule has 35 heavy (non-hydrogen) atoms. The maximum Gasteiger partial charge on any atom is 0.416 e. The molecule has 2 aliphatic rings. The van der Waals surface area contributed by atoms with Gasteiger partial charge in [0.05, 0.1) is 30.0 Å². The van der Waals surface area contributed by atoms with E-state index in [0.717, 1.165) is 47.4 Å². The monoisotopic (exact) mass is 484 g/mol. The summed E-state index contributed by atoms with van der Waals surface area (Å²) >= 11 is 0. The summed E-state index contributed by atoms with van der Waals surface area (Å²) in [7, 11) is 0. The molecule has 3 aromatic rings. The third kappa shape index (κ3) is 4.48. The van der Waals surface area contributed by atoms with Gasteiger partial charge in [-0.25, -0.2) is 4.79 Å². The molecule has 0 radical (unpaired) electrons. The van der Waals surface area contributed by atoms with Crippen LogP contribution >= 0.6 is 0 Å². The Bertz CT molecular complexity index is 1300. The van der Waals surface area contributed by atoms with Gasteiger partial charge >= 0.3 is 12.3 Å². The van der Waals surface area contributed by atoms with Crippen molar-refractivity contribution >= 4 is 17.7 Å². The summed E-state index contributed by atoms with van der Waals surface area (Å²) in [6, 6.07) is 10.9. The van der Waals surface area contributed by atoms with Crippen LogP contribution in [0.5, 0.6) is 0 Å². The van der Waals surface area contributed by atoms with Gasteiger partial charge in [0.1, 0.15) is 6.10 Å². The van der Waals surface area contributed by atoms with Gasteiger partial charge in [-0.1, -0.05) is 18.2 Å². The maximum absolute atomic E-state index is 13.2. The van der Waals surface area contributed by atoms with Gasteiger partial charge in [-0.3, -0.25) is 14.8 Å². The molecule has 7 nitrogen and oxygen atoms in total. The molecule has 0 unspecified atom stereocenters. The topological polar surface area (TPSA) is 87.3 Å². The zero-order chi connectivity index (χ0) is 24.7. The van der Waals surface area contributed by atoms with Crippen molar-refractivity contribution in [3.8, 4) is 22.5 Å². The van der Waals surface area contributed by atoms with E-state index in [1.165, 1.54) is 13.0 Å². The van der Waals surface area contributed by atoms with Gasteiger partial charge in [-0.15, -0.1) is 0 Å². The normalized spacial score (nSPS) is 17.4. The van der Waals surface area contributed by atoms with Crippen molar-refractivity contribution < 1.29 is 27.5 Å². The minimum absolute atomic E-state index is 0.190. The number of fused-ring (bicyclic) bond motifs is 3. The van der Waals surface area contributed by atoms with Crippen LogP contribution in [0.15, 0.2) is 42.5 Å². The summed E-state index contributed by atoms with van der Waals surface area (Å²) in [5.74, 6) is -0.190. The average Bonchev–Trinajstić information content (AvgIpc) is 3.35. The summed E-state index contributed by atoms with van der Waals surface area (Å²) in [4.78, 5) is 25.1. The fourth-order valence-electron chi connectivity index (χ4n) is 4.66. The zero-order valence-electron chi connectivity index (χ0n) is 18.9. The molecular formula is C25H23F3N4O3. The van der Waals surface area contributed by atoms with Crippen LogP contribution < -0.4 is 10.2 Å². The number of aryl methyl sites for hydroxylation is 1. The molecule has 2 aromatic carbocycles. The van der Waals surface area contributed by atoms with Crippen LogP contribution in [0.25, 0.3) is 22.5 Å². The first-order valence-electron chi connectivity index (χ1n) is 11.3. The number of alkyl halides is 3. The van der Waals surface area contributed by atoms with Crippen LogP contribution in [-0.2, 0) is 28.5 Å². The molecule has 2 heterocycles. The van der Waals surface area contributed by atoms with E-state index in [1.54, 1.807) is 11.0 Å². The fourth-order valence-corrected chi connectivity index (χ4v) is 4.66. The predicted molar refractivity (Wildman–Crippen MR) is 123 cm³/mol. The van der Waals surface area contributed by atoms with Gasteiger partial charge < -0.3 is 10.1 Å². The van der Waals surface area contributed by atoms with Crippen LogP contribution in [0.4, 0.5) is 23.7 Å². The highest BCUT2D eigenvalue weighted by molar-refractivity contribution is 5.91. The Morgan fingerprint density at radius 2 is 2.06 bits per heavy atom. The molecule has 0 spiro atoms. The molecule has 182 valence electrons. The number of rotatable bonds is 4. The standard InChI is InChI=1S/C25H23F3N4O3/c1-14(33)29-12-19-13-32(24(34)35-19)18-8-9-20-15(11-18)4-3-7-21-22(30-31-23(20)21)16-5-2-6-17(10-16)25(26,27)28/h2,5-6,8-11,19H,3-4,7,12-13H2,1H3,(H,29,33)(H,30,31)/t19-/m0/s1. The number of nitrogens with one attached hydrogen (secondary N) is 2. The Labute approximate surface area is 199 Å². The van der Waals surface area contributed by atoms with Crippen molar-refractivity contribution in [3.63, 3.8) is 0 Å². The second kappa shape index (κ2) is 8.75. The molecule has 1 aromatic heterocycles. The molecule has 2 N–H and O–H groups in total. The fraction of sp³-hybridized carbons (Fsp3) is 0.320. The molecule has 5 rings (SSSR count). The molecule has 1 atom stereocenters. The number of amides is 2. The Hall–Kier alpha value is -3.82. The lowest BCUT2D eigenvalue weighted by atomic mass is 9.98. The first-order chi connectivity index (χ1) is 16.7. The minimum Gasteiger partial charge on any atom is -0.442 e. The minimum atomic E-state index is -4.43. The lowest BCUT2D eigenvalue weighted by molar-refractivity contribution is -0.137. The van der Waals surface area contributed by atoms with Crippen molar-refractivity contribution in [2.24, 2.45) is 0 Å². The van der Waals surface area contributed by atoms with E-state index < -0.39 is 23.9 Å². The SMILES string of the molecule is CC(=O)NC[C@H]1CN(c2ccc3c(c2)CCCc2c(-c4cccc(C(F)(F)F)c4)n[nH]c2-3)C(=O)O1. The molecule has 10 heteroatoms. The molecule has 1 aliphatic carbocycles. The number of nitrogens with zero attached hydrogens (tertiary/aromatic N) is 2. The van der Waals surface area contributed by atoms with Gasteiger partial charge in [0, 0.05) is 29.3 Å². The lowest BCUT2D eigenvalue weighted by Crippen LogP contribution is -2.33. The Kier molecular flexibility index (Phi) is 5.74. The molecule has 0 bridgehead atoms. The van der Waals surface area contributed by atoms with Crippen molar-refractivity contribution in [2.45, 2.75) is 38.5 Å². The number of anilines is 1. The van der Waals surface area contributed by atoms with Gasteiger partial charge in [0.25, 0.3) is 0 Å². The number of cyclic esters (lactones) is 1. The number of hydrogen-bond acceptors (Lipinski definition) is 4. The summed E-state index contributed by atoms with van der Waals surface area (Å²) in [5, 5.41) is 10.1. The number of aromatic amines is 1. The first kappa shape index (κ1) is 22.9. The van der Waals surface area contributed by atoms with Crippen molar-refractivity contribution in [3.05, 3.63) is 59.2 Å². The number of carbonyl (C=O) groups is 2. The van der Waals surface area contributed by atoms with Crippen molar-refractivity contribution in [1.29, 1.82) is 0 Å². The van der Waals surface area contributed by atoms with Gasteiger partial charge in [-0.2, -0.15) is 18.3 Å². The molecule has 0 saturated carbocycles. The number of H-pyrrole nitrogens is 1. The smallest absolute Gasteiger partial charge is 0.416 e. The Balaban J connectivity index is 1.44. The highest BCUT2D eigenvalue weighted by atomic mass is 19.4. The first-order valence-corrected chi connectivity index (χ1v) is 11.3. The lowest BCUT2D eigenvalue weighted by Gasteiger charge is -2.16. The van der Waals surface area contributed by atoms with Crippen molar-refractivity contribution in [1.82, 2.24) is 15.5 Å². The van der Waals surface area contributed by atoms with E-state index in [-0.39, 0.29) is 12.5 Å². The highest BCUT2D eigenvalue weighted by Gasteiger charge is 2.34. The molecule has 2 amide bonds. The number of aromatic nitrogens is 2. The third-order valence-corrected chi connectivity index (χ3v) is 6.33. The second-order valence-electron chi connectivity index (χ2n) is 8.75. The average molecular weight is 484 g/mol. The molecule has 1 aliphatic heterocycles. The summed E-state index contributed by atoms with van der Waals surface area (Å²) in [5.41, 5.74) is 4.51. The van der Waals surface area contributed by atoms with Crippen molar-refractivity contribution in [2.75, 3.05) is 18.0 Å². The highest BCUT2D eigenvalue weighted by Crippen LogP contribution is 2.39. The molecular weight excluding hydrogens is 461 g/mol. The number of halogens is 3. The summed E-state index contributed by atoms with van der Waals surface area (Å²) in [6.07, 6.45) is -3.14. The third-order valence-electron chi connectivity index (χ3n) is 6.33. The number of hydrogen-bond donors (Lipinski definition) is 2. The van der Waals surface area contributed by atoms with Crippen LogP contribution in [-0.4, -0.2) is 41.4 Å². The van der Waals surface area contributed by atoms with Gasteiger partial charge in [0.2, 0.25) is 5.91 Å². The number of carbonyl (C=O) groups excluding carboxylic acids is 2. The van der Waals surface area contributed by atoms with E-state index >= 15 is 0 Å². The van der Waals surface area contributed by atoms with E-state index in [9.17, 15) is 22.8 Å². The quantitative estimate of drug-likeness (QED) is 0.562. The van der Waals surface area contributed by atoms with Gasteiger partial charge in [-0.05, 0) is 49.1 Å². The number of benzene rings is 2. The van der Waals surface area contributed by atoms with E-state index in [0.29, 0.717) is 29.9 Å². The van der Waals surface area contributed by atoms with Crippen LogP contribution in [0.2, 0.25) is 0 Å². The number of ether oxygens (including phenoxy) is 1. The van der Waals surface area contributed by atoms with Crippen LogP contribution in [0.3, 0.4) is 0 Å². The summed E-state index contributed by atoms with van der Waals surface area (Å²) in [6.45, 7) is 1.98. The van der Waals surface area contributed by atoms with Crippen LogP contribution in [0.1, 0.15) is 30.0 Å². The maximum atomic E-state index is 13.2. The van der Waals surface area contributed by atoms with E-state index in [1.807, 2.05) is 18.2 Å². The Morgan fingerprint density at radius 1 is 1.23 bits per heavy atom. The molecule has 1 saturated heterocycles. The predicted octanol–water partition coefficient (Wildman–Crippen LogP) is 4.71. The summed E-state index contributed by atoms with van der Waals surface area (Å²) < 4.78 is 45.0. The Morgan fingerprint density at radius 3 is 2.83 bits per heavy atom. The van der Waals surface area contributed by atoms with Crippen LogP contribution in [0, 0.1) is 0 Å². The van der Waals surface area contributed by atoms with E-state index in [4.69, 9.17) is 4.74 Å². The zero-order valence-corrected chi connectivity index (χ0v) is 18.9. The van der Waals surface area contributed by atoms with E-state index in [2.05, 4.69) is 15.5 Å². The largest absolute Gasteiger partial charge is 0.442 e.